The van der Waals surface area contributed by atoms with Crippen LogP contribution in [0.15, 0.2) is 5.38 Å². The van der Waals surface area contributed by atoms with Crippen LogP contribution in [-0.2, 0) is 16.0 Å². The van der Waals surface area contributed by atoms with Gasteiger partial charge in [-0.15, -0.1) is 11.3 Å². The number of aryl methyl sites for hydroxylation is 1. The lowest BCUT2D eigenvalue weighted by Crippen LogP contribution is -2.20. The molecule has 0 atom stereocenters. The Morgan fingerprint density at radius 1 is 1.45 bits per heavy atom. The van der Waals surface area contributed by atoms with Gasteiger partial charge < -0.3 is 4.74 Å². The van der Waals surface area contributed by atoms with Crippen molar-refractivity contribution in [2.75, 3.05) is 6.61 Å². The molecule has 1 aromatic heterocycles. The van der Waals surface area contributed by atoms with E-state index >= 15 is 0 Å². The van der Waals surface area contributed by atoms with Crippen LogP contribution in [0.2, 0.25) is 0 Å². The van der Waals surface area contributed by atoms with E-state index in [9.17, 15) is 4.79 Å². The molecule has 0 aliphatic heterocycles. The summed E-state index contributed by atoms with van der Waals surface area (Å²) in [5.41, 5.74) is 1.54. The summed E-state index contributed by atoms with van der Waals surface area (Å²) in [6.07, 6.45) is 6.21. The van der Waals surface area contributed by atoms with E-state index in [1.54, 1.807) is 11.3 Å². The summed E-state index contributed by atoms with van der Waals surface area (Å²) in [6.45, 7) is 7.01. The fourth-order valence-electron chi connectivity index (χ4n) is 2.73. The number of carbonyl (C=O) groups excluding carboxylic acids is 1. The number of hydrogen-bond donors (Lipinski definition) is 0. The van der Waals surface area contributed by atoms with Crippen LogP contribution in [0.25, 0.3) is 0 Å². The maximum Gasteiger partial charge on any atom is 0.306 e. The Hall–Kier alpha value is -0.900. The van der Waals surface area contributed by atoms with Gasteiger partial charge in [0.25, 0.3) is 0 Å². The third-order valence-electron chi connectivity index (χ3n) is 4.15. The van der Waals surface area contributed by atoms with E-state index in [0.29, 0.717) is 30.8 Å². The van der Waals surface area contributed by atoms with Gasteiger partial charge in [0.15, 0.2) is 0 Å². The molecule has 1 saturated carbocycles. The monoisotopic (exact) mass is 295 g/mol. The van der Waals surface area contributed by atoms with Gasteiger partial charge in [0.2, 0.25) is 0 Å². The summed E-state index contributed by atoms with van der Waals surface area (Å²) in [7, 11) is 0. The van der Waals surface area contributed by atoms with E-state index in [1.165, 1.54) is 30.7 Å². The molecular weight excluding hydrogens is 270 g/mol. The first-order valence-electron chi connectivity index (χ1n) is 7.60. The largest absolute Gasteiger partial charge is 0.466 e. The van der Waals surface area contributed by atoms with Crippen molar-refractivity contribution in [3.05, 3.63) is 16.1 Å². The number of rotatable bonds is 5. The third-order valence-corrected chi connectivity index (χ3v) is 5.20. The lowest BCUT2D eigenvalue weighted by Gasteiger charge is -2.33. The topological polar surface area (TPSA) is 39.2 Å². The van der Waals surface area contributed by atoms with E-state index in [4.69, 9.17) is 9.72 Å². The average Bonchev–Trinajstić information content (AvgIpc) is 2.85. The van der Waals surface area contributed by atoms with Crippen LogP contribution in [0.1, 0.15) is 69.5 Å². The first-order valence-corrected chi connectivity index (χ1v) is 8.48. The molecule has 3 nitrogen and oxygen atoms in total. The molecule has 0 bridgehead atoms. The highest BCUT2D eigenvalue weighted by atomic mass is 32.1. The van der Waals surface area contributed by atoms with Crippen molar-refractivity contribution in [3.63, 3.8) is 0 Å². The van der Waals surface area contributed by atoms with E-state index in [1.807, 2.05) is 6.92 Å². The van der Waals surface area contributed by atoms with Gasteiger partial charge >= 0.3 is 5.97 Å². The fourth-order valence-corrected chi connectivity index (χ4v) is 3.76. The Morgan fingerprint density at radius 2 is 2.15 bits per heavy atom. The molecule has 0 amide bonds. The van der Waals surface area contributed by atoms with Crippen LogP contribution < -0.4 is 0 Å². The van der Waals surface area contributed by atoms with E-state index in [-0.39, 0.29) is 5.97 Å². The Balaban J connectivity index is 1.85. The highest BCUT2D eigenvalue weighted by molar-refractivity contribution is 7.09. The molecule has 0 radical (unpaired) electrons. The van der Waals surface area contributed by atoms with Crippen LogP contribution in [0.3, 0.4) is 0 Å². The molecule has 1 aromatic rings. The molecule has 1 heterocycles. The second kappa shape index (κ2) is 6.70. The lowest BCUT2D eigenvalue weighted by atomic mass is 9.73. The smallest absolute Gasteiger partial charge is 0.306 e. The maximum absolute atomic E-state index is 11.3. The van der Waals surface area contributed by atoms with Crippen molar-refractivity contribution in [2.24, 2.45) is 5.41 Å². The minimum atomic E-state index is -0.124. The molecule has 0 saturated heterocycles. The minimum Gasteiger partial charge on any atom is -0.466 e. The van der Waals surface area contributed by atoms with Gasteiger partial charge in [0, 0.05) is 17.7 Å². The van der Waals surface area contributed by atoms with Crippen molar-refractivity contribution in [1.82, 2.24) is 4.98 Å². The summed E-state index contributed by atoms with van der Waals surface area (Å²) < 4.78 is 4.95. The van der Waals surface area contributed by atoms with Gasteiger partial charge in [-0.05, 0) is 38.0 Å². The van der Waals surface area contributed by atoms with E-state index < -0.39 is 0 Å². The molecule has 0 unspecified atom stereocenters. The van der Waals surface area contributed by atoms with Crippen LogP contribution in [0, 0.1) is 5.41 Å². The van der Waals surface area contributed by atoms with Gasteiger partial charge in [-0.2, -0.15) is 0 Å². The van der Waals surface area contributed by atoms with Gasteiger partial charge in [-0.25, -0.2) is 4.98 Å². The van der Waals surface area contributed by atoms with Crippen molar-refractivity contribution >= 4 is 17.3 Å². The lowest BCUT2D eigenvalue weighted by molar-refractivity contribution is -0.143. The zero-order chi connectivity index (χ0) is 14.6. The highest BCUT2D eigenvalue weighted by Gasteiger charge is 2.29. The quantitative estimate of drug-likeness (QED) is 0.759. The molecule has 1 aliphatic rings. The highest BCUT2D eigenvalue weighted by Crippen LogP contribution is 2.43. The molecule has 0 spiro atoms. The Morgan fingerprint density at radius 3 is 2.80 bits per heavy atom. The van der Waals surface area contributed by atoms with Gasteiger partial charge in [-0.3, -0.25) is 4.79 Å². The number of nitrogens with zero attached hydrogens (tertiary/aromatic N) is 1. The fraction of sp³-hybridized carbons (Fsp3) is 0.750. The second-order valence-corrected chi connectivity index (χ2v) is 7.31. The first kappa shape index (κ1) is 15.5. The van der Waals surface area contributed by atoms with Crippen LogP contribution in [-0.4, -0.2) is 17.6 Å². The van der Waals surface area contributed by atoms with Crippen molar-refractivity contribution in [3.8, 4) is 0 Å². The molecule has 2 rings (SSSR count). The Labute approximate surface area is 125 Å². The zero-order valence-corrected chi connectivity index (χ0v) is 13.6. The number of hydrogen-bond acceptors (Lipinski definition) is 4. The van der Waals surface area contributed by atoms with Gasteiger partial charge in [-0.1, -0.05) is 13.8 Å². The summed E-state index contributed by atoms with van der Waals surface area (Å²) in [5.74, 6) is 0.505. The summed E-state index contributed by atoms with van der Waals surface area (Å²) in [5, 5.41) is 3.37. The molecule has 112 valence electrons. The molecule has 20 heavy (non-hydrogen) atoms. The van der Waals surface area contributed by atoms with Crippen LogP contribution in [0.4, 0.5) is 0 Å². The molecule has 0 N–H and O–H groups in total. The number of esters is 1. The first-order chi connectivity index (χ1) is 9.50. The number of thiazole rings is 1. The summed E-state index contributed by atoms with van der Waals surface area (Å²) >= 11 is 1.76. The summed E-state index contributed by atoms with van der Waals surface area (Å²) in [6, 6.07) is 0. The summed E-state index contributed by atoms with van der Waals surface area (Å²) in [4.78, 5) is 16.1. The average molecular weight is 295 g/mol. The van der Waals surface area contributed by atoms with Crippen molar-refractivity contribution in [2.45, 2.75) is 65.2 Å². The normalized spacial score (nSPS) is 18.9. The maximum atomic E-state index is 11.3. The number of carbonyl (C=O) groups is 1. The number of ether oxygens (including phenoxy) is 1. The molecule has 0 aromatic carbocycles. The predicted molar refractivity (Wildman–Crippen MR) is 82.1 cm³/mol. The minimum absolute atomic E-state index is 0.124. The zero-order valence-electron chi connectivity index (χ0n) is 12.8. The molecule has 4 heteroatoms. The van der Waals surface area contributed by atoms with E-state index in [0.717, 1.165) is 5.69 Å². The predicted octanol–water partition coefficient (Wildman–Crippen LogP) is 4.32. The van der Waals surface area contributed by atoms with Crippen molar-refractivity contribution in [1.29, 1.82) is 0 Å². The van der Waals surface area contributed by atoms with Crippen LogP contribution >= 0.6 is 11.3 Å². The Kier molecular flexibility index (Phi) is 5.19. The standard InChI is InChI=1S/C16H25NO2S/c1-4-19-14(18)6-5-13-11-20-15(17-13)12-7-9-16(2,3)10-8-12/h11-12H,4-10H2,1-3H3. The molecule has 1 fully saturated rings. The third kappa shape index (κ3) is 4.30. The van der Waals surface area contributed by atoms with Crippen molar-refractivity contribution < 1.29 is 9.53 Å². The van der Waals surface area contributed by atoms with Gasteiger partial charge in [0.05, 0.1) is 23.7 Å². The van der Waals surface area contributed by atoms with Gasteiger partial charge in [0.1, 0.15) is 0 Å². The van der Waals surface area contributed by atoms with Crippen LogP contribution in [0.5, 0.6) is 0 Å². The molecular formula is C16H25NO2S. The van der Waals surface area contributed by atoms with E-state index in [2.05, 4.69) is 19.2 Å². The molecule has 1 aliphatic carbocycles. The SMILES string of the molecule is CCOC(=O)CCc1csc(C2CCC(C)(C)CC2)n1. The second-order valence-electron chi connectivity index (χ2n) is 6.42. The Bertz CT molecular complexity index is 443. The number of aromatic nitrogens is 1.